The van der Waals surface area contributed by atoms with E-state index in [-0.39, 0.29) is 0 Å². The molecule has 0 radical (unpaired) electrons. The van der Waals surface area contributed by atoms with Crippen molar-refractivity contribution in [2.24, 2.45) is 5.92 Å². The highest BCUT2D eigenvalue weighted by Crippen LogP contribution is 2.08. The van der Waals surface area contributed by atoms with Crippen LogP contribution in [0.15, 0.2) is 24.3 Å². The van der Waals surface area contributed by atoms with Crippen LogP contribution in [0.2, 0.25) is 0 Å². The molecule has 0 aromatic heterocycles. The van der Waals surface area contributed by atoms with Gasteiger partial charge in [-0.25, -0.2) is 0 Å². The Morgan fingerprint density at radius 1 is 1.21 bits per heavy atom. The van der Waals surface area contributed by atoms with Crippen LogP contribution in [0.4, 0.5) is 0 Å². The number of nitrogens with one attached hydrogen (secondary N) is 1. The van der Waals surface area contributed by atoms with Crippen LogP contribution in [0, 0.1) is 5.92 Å². The van der Waals surface area contributed by atoms with Gasteiger partial charge < -0.3 is 14.8 Å². The molecule has 1 aromatic carbocycles. The smallest absolute Gasteiger partial charge is 0.0713 e. The Labute approximate surface area is 117 Å². The Kier molecular flexibility index (Phi) is 7.72. The van der Waals surface area contributed by atoms with E-state index in [4.69, 9.17) is 9.47 Å². The molecule has 19 heavy (non-hydrogen) atoms. The van der Waals surface area contributed by atoms with Crippen molar-refractivity contribution in [1.82, 2.24) is 5.32 Å². The summed E-state index contributed by atoms with van der Waals surface area (Å²) in [5.41, 5.74) is 2.50. The van der Waals surface area contributed by atoms with Crippen LogP contribution >= 0.6 is 0 Å². The number of methoxy groups -OCH3 is 1. The standard InChI is InChI=1S/C16H27NO2/c1-5-19-12-16(13(2)3)17-10-14-7-6-8-15(9-14)11-18-4/h6-9,13,16-17H,5,10-12H2,1-4H3. The summed E-state index contributed by atoms with van der Waals surface area (Å²) in [5, 5.41) is 3.57. The van der Waals surface area contributed by atoms with E-state index in [1.165, 1.54) is 11.1 Å². The zero-order chi connectivity index (χ0) is 14.1. The number of rotatable bonds is 9. The second-order valence-corrected chi connectivity index (χ2v) is 5.14. The summed E-state index contributed by atoms with van der Waals surface area (Å²) in [7, 11) is 1.72. The zero-order valence-corrected chi connectivity index (χ0v) is 12.6. The minimum atomic E-state index is 0.394. The predicted octanol–water partition coefficient (Wildman–Crippen LogP) is 2.98. The van der Waals surface area contributed by atoms with Gasteiger partial charge in [0.25, 0.3) is 0 Å². The molecule has 1 atom stereocenters. The largest absolute Gasteiger partial charge is 0.380 e. The second kappa shape index (κ2) is 9.08. The third-order valence-electron chi connectivity index (χ3n) is 3.18. The molecule has 0 aliphatic carbocycles. The maximum Gasteiger partial charge on any atom is 0.0713 e. The summed E-state index contributed by atoms with van der Waals surface area (Å²) in [5.74, 6) is 0.564. The highest BCUT2D eigenvalue weighted by Gasteiger charge is 2.12. The normalized spacial score (nSPS) is 12.9. The van der Waals surface area contributed by atoms with Crippen molar-refractivity contribution < 1.29 is 9.47 Å². The van der Waals surface area contributed by atoms with E-state index < -0.39 is 0 Å². The lowest BCUT2D eigenvalue weighted by Gasteiger charge is -2.22. The minimum absolute atomic E-state index is 0.394. The van der Waals surface area contributed by atoms with E-state index in [1.54, 1.807) is 7.11 Å². The zero-order valence-electron chi connectivity index (χ0n) is 12.6. The van der Waals surface area contributed by atoms with Crippen LogP contribution in [0.25, 0.3) is 0 Å². The fraction of sp³-hybridized carbons (Fsp3) is 0.625. The number of ether oxygens (including phenoxy) is 2. The van der Waals surface area contributed by atoms with E-state index in [9.17, 15) is 0 Å². The molecule has 0 aliphatic heterocycles. The summed E-state index contributed by atoms with van der Waals surface area (Å²) in [4.78, 5) is 0. The molecule has 0 saturated heterocycles. The third-order valence-corrected chi connectivity index (χ3v) is 3.18. The molecule has 1 rings (SSSR count). The van der Waals surface area contributed by atoms with Crippen LogP contribution in [0.1, 0.15) is 31.9 Å². The average Bonchev–Trinajstić information content (AvgIpc) is 2.39. The predicted molar refractivity (Wildman–Crippen MR) is 79.1 cm³/mol. The molecule has 1 aromatic rings. The van der Waals surface area contributed by atoms with E-state index in [0.29, 0.717) is 18.6 Å². The van der Waals surface area contributed by atoms with Gasteiger partial charge in [0, 0.05) is 26.3 Å². The minimum Gasteiger partial charge on any atom is -0.380 e. The van der Waals surface area contributed by atoms with E-state index in [0.717, 1.165) is 19.8 Å². The van der Waals surface area contributed by atoms with Crippen molar-refractivity contribution >= 4 is 0 Å². The lowest BCUT2D eigenvalue weighted by atomic mass is 10.0. The fourth-order valence-electron chi connectivity index (χ4n) is 1.98. The molecule has 1 N–H and O–H groups in total. The molecule has 0 fully saturated rings. The molecule has 0 saturated carbocycles. The van der Waals surface area contributed by atoms with Gasteiger partial charge >= 0.3 is 0 Å². The highest BCUT2D eigenvalue weighted by molar-refractivity contribution is 5.22. The van der Waals surface area contributed by atoms with Crippen LogP contribution in [0.3, 0.4) is 0 Å². The molecular weight excluding hydrogens is 238 g/mol. The van der Waals surface area contributed by atoms with Gasteiger partial charge in [-0.1, -0.05) is 38.1 Å². The third kappa shape index (κ3) is 6.19. The van der Waals surface area contributed by atoms with Gasteiger partial charge in [-0.15, -0.1) is 0 Å². The maximum absolute atomic E-state index is 5.53. The molecule has 0 aliphatic rings. The van der Waals surface area contributed by atoms with Gasteiger partial charge in [0.1, 0.15) is 0 Å². The molecule has 0 bridgehead atoms. The molecule has 3 heteroatoms. The van der Waals surface area contributed by atoms with Crippen molar-refractivity contribution in [3.05, 3.63) is 35.4 Å². The number of benzene rings is 1. The monoisotopic (exact) mass is 265 g/mol. The van der Waals surface area contributed by atoms with Crippen LogP contribution in [0.5, 0.6) is 0 Å². The molecule has 0 heterocycles. The van der Waals surface area contributed by atoms with Crippen molar-refractivity contribution in [3.63, 3.8) is 0 Å². The SMILES string of the molecule is CCOCC(NCc1cccc(COC)c1)C(C)C. The first-order valence-electron chi connectivity index (χ1n) is 7.05. The van der Waals surface area contributed by atoms with Crippen molar-refractivity contribution in [3.8, 4) is 0 Å². The van der Waals surface area contributed by atoms with Crippen molar-refractivity contribution in [2.75, 3.05) is 20.3 Å². The Balaban J connectivity index is 2.50. The first-order valence-corrected chi connectivity index (χ1v) is 7.05. The Hall–Kier alpha value is -0.900. The van der Waals surface area contributed by atoms with E-state index in [2.05, 4.69) is 43.4 Å². The highest BCUT2D eigenvalue weighted by atomic mass is 16.5. The first-order chi connectivity index (χ1) is 9.17. The van der Waals surface area contributed by atoms with Crippen LogP contribution in [-0.4, -0.2) is 26.4 Å². The van der Waals surface area contributed by atoms with E-state index in [1.807, 2.05) is 6.92 Å². The molecule has 0 amide bonds. The lowest BCUT2D eigenvalue weighted by Crippen LogP contribution is -2.37. The van der Waals surface area contributed by atoms with Gasteiger partial charge in [-0.2, -0.15) is 0 Å². The Bertz CT molecular complexity index is 352. The Morgan fingerprint density at radius 3 is 2.58 bits per heavy atom. The summed E-state index contributed by atoms with van der Waals surface area (Å²) in [6.45, 7) is 9.55. The summed E-state index contributed by atoms with van der Waals surface area (Å²) in [6, 6.07) is 8.90. The second-order valence-electron chi connectivity index (χ2n) is 5.14. The van der Waals surface area contributed by atoms with Gasteiger partial charge in [-0.3, -0.25) is 0 Å². The van der Waals surface area contributed by atoms with E-state index >= 15 is 0 Å². The average molecular weight is 265 g/mol. The van der Waals surface area contributed by atoms with Gasteiger partial charge in [0.15, 0.2) is 0 Å². The molecule has 3 nitrogen and oxygen atoms in total. The molecule has 0 spiro atoms. The van der Waals surface area contributed by atoms with Crippen LogP contribution < -0.4 is 5.32 Å². The maximum atomic E-state index is 5.53. The van der Waals surface area contributed by atoms with Gasteiger partial charge in [0.2, 0.25) is 0 Å². The quantitative estimate of drug-likeness (QED) is 0.744. The fourth-order valence-corrected chi connectivity index (χ4v) is 1.98. The van der Waals surface area contributed by atoms with Crippen molar-refractivity contribution in [1.29, 1.82) is 0 Å². The number of hydrogen-bond donors (Lipinski definition) is 1. The first kappa shape index (κ1) is 16.2. The van der Waals surface area contributed by atoms with Gasteiger partial charge in [-0.05, 0) is 24.0 Å². The molecule has 108 valence electrons. The van der Waals surface area contributed by atoms with Crippen molar-refractivity contribution in [2.45, 2.75) is 40.0 Å². The number of hydrogen-bond acceptors (Lipinski definition) is 3. The molecule has 1 unspecified atom stereocenters. The Morgan fingerprint density at radius 2 is 1.95 bits per heavy atom. The van der Waals surface area contributed by atoms with Crippen LogP contribution in [-0.2, 0) is 22.6 Å². The van der Waals surface area contributed by atoms with Gasteiger partial charge in [0.05, 0.1) is 13.2 Å². The summed E-state index contributed by atoms with van der Waals surface area (Å²) < 4.78 is 10.7. The topological polar surface area (TPSA) is 30.5 Å². The molecular formula is C16H27NO2. The lowest BCUT2D eigenvalue weighted by molar-refractivity contribution is 0.108. The summed E-state index contributed by atoms with van der Waals surface area (Å²) in [6.07, 6.45) is 0. The summed E-state index contributed by atoms with van der Waals surface area (Å²) >= 11 is 0.